The van der Waals surface area contributed by atoms with Crippen LogP contribution in [-0.2, 0) is 9.59 Å². The summed E-state index contributed by atoms with van der Waals surface area (Å²) in [4.78, 5) is 22.7. The van der Waals surface area contributed by atoms with E-state index in [0.717, 1.165) is 11.1 Å². The van der Waals surface area contributed by atoms with Crippen molar-refractivity contribution in [2.75, 3.05) is 5.32 Å². The number of carbonyl (C=O) groups is 2. The van der Waals surface area contributed by atoms with Crippen LogP contribution in [0, 0.1) is 0 Å². The predicted molar refractivity (Wildman–Crippen MR) is 99.3 cm³/mol. The van der Waals surface area contributed by atoms with Crippen LogP contribution in [0.5, 0.6) is 0 Å². The monoisotopic (exact) mass is 377 g/mol. The maximum absolute atomic E-state index is 12.1. The van der Waals surface area contributed by atoms with Crippen molar-refractivity contribution < 1.29 is 22.8 Å². The largest absolute Gasteiger partial charge is 0.449 e. The van der Waals surface area contributed by atoms with Gasteiger partial charge in [0.15, 0.2) is 0 Å². The number of Topliss-reactive ketones (excluding diaryl/α,β-unsaturated/α-hetero) is 1. The van der Waals surface area contributed by atoms with Crippen molar-refractivity contribution in [3.8, 4) is 11.1 Å². The lowest BCUT2D eigenvalue weighted by Crippen LogP contribution is -2.22. The van der Waals surface area contributed by atoms with Crippen LogP contribution >= 0.6 is 0 Å². The fourth-order valence-electron chi connectivity index (χ4n) is 2.67. The molecular formula is C21H22F3NO2. The van der Waals surface area contributed by atoms with E-state index in [1.165, 1.54) is 0 Å². The van der Waals surface area contributed by atoms with E-state index in [1.807, 2.05) is 54.6 Å². The van der Waals surface area contributed by atoms with Crippen LogP contribution in [0.25, 0.3) is 11.1 Å². The zero-order valence-corrected chi connectivity index (χ0v) is 14.9. The molecule has 0 aromatic heterocycles. The van der Waals surface area contributed by atoms with Gasteiger partial charge in [0.2, 0.25) is 11.7 Å². The van der Waals surface area contributed by atoms with E-state index in [-0.39, 0.29) is 12.3 Å². The van der Waals surface area contributed by atoms with Crippen LogP contribution in [0.2, 0.25) is 0 Å². The van der Waals surface area contributed by atoms with Crippen LogP contribution in [0.1, 0.15) is 38.5 Å². The molecule has 0 aliphatic rings. The highest BCUT2D eigenvalue weighted by atomic mass is 19.4. The van der Waals surface area contributed by atoms with E-state index in [9.17, 15) is 22.8 Å². The molecule has 0 saturated heterocycles. The average molecular weight is 377 g/mol. The Kier molecular flexibility index (Phi) is 7.58. The zero-order valence-electron chi connectivity index (χ0n) is 14.9. The van der Waals surface area contributed by atoms with Gasteiger partial charge in [-0.3, -0.25) is 9.59 Å². The minimum atomic E-state index is -4.74. The van der Waals surface area contributed by atoms with Gasteiger partial charge in [0.05, 0.1) is 0 Å². The lowest BCUT2D eigenvalue weighted by atomic mass is 10.1. The first-order valence-electron chi connectivity index (χ1n) is 8.91. The molecule has 27 heavy (non-hydrogen) atoms. The molecular weight excluding hydrogens is 355 g/mol. The summed E-state index contributed by atoms with van der Waals surface area (Å²) in [6.07, 6.45) is -3.03. The third-order valence-electron chi connectivity index (χ3n) is 4.15. The minimum Gasteiger partial charge on any atom is -0.326 e. The molecule has 0 spiro atoms. The Morgan fingerprint density at radius 1 is 0.741 bits per heavy atom. The Morgan fingerprint density at radius 3 is 1.89 bits per heavy atom. The fourth-order valence-corrected chi connectivity index (χ4v) is 2.67. The summed E-state index contributed by atoms with van der Waals surface area (Å²) in [6, 6.07) is 17.4. The van der Waals surface area contributed by atoms with E-state index in [1.54, 1.807) is 0 Å². The number of anilines is 1. The smallest absolute Gasteiger partial charge is 0.326 e. The molecule has 2 aromatic rings. The number of amides is 1. The molecule has 0 atom stereocenters. The average Bonchev–Trinajstić information content (AvgIpc) is 2.65. The number of hydrogen-bond acceptors (Lipinski definition) is 2. The van der Waals surface area contributed by atoms with E-state index >= 15 is 0 Å². The maximum atomic E-state index is 12.1. The van der Waals surface area contributed by atoms with Gasteiger partial charge >= 0.3 is 6.18 Å². The van der Waals surface area contributed by atoms with Gasteiger partial charge in [-0.1, -0.05) is 55.3 Å². The lowest BCUT2D eigenvalue weighted by Gasteiger charge is -2.07. The molecule has 1 N–H and O–H groups in total. The first kappa shape index (κ1) is 20.7. The van der Waals surface area contributed by atoms with Gasteiger partial charge in [-0.05, 0) is 36.1 Å². The third kappa shape index (κ3) is 7.25. The van der Waals surface area contributed by atoms with Gasteiger partial charge in [-0.25, -0.2) is 0 Å². The summed E-state index contributed by atoms with van der Waals surface area (Å²) < 4.78 is 36.2. The summed E-state index contributed by atoms with van der Waals surface area (Å²) in [7, 11) is 0. The predicted octanol–water partition coefficient (Wildman–Crippen LogP) is 5.76. The minimum absolute atomic E-state index is 0.131. The van der Waals surface area contributed by atoms with Gasteiger partial charge in [0.25, 0.3) is 0 Å². The third-order valence-corrected chi connectivity index (χ3v) is 4.15. The molecule has 6 heteroatoms. The molecule has 144 valence electrons. The fraction of sp³-hybridized carbons (Fsp3) is 0.333. The molecule has 0 heterocycles. The molecule has 0 radical (unpaired) electrons. The van der Waals surface area contributed by atoms with E-state index in [4.69, 9.17) is 0 Å². The number of hydrogen-bond donors (Lipinski definition) is 1. The first-order chi connectivity index (χ1) is 12.9. The highest BCUT2D eigenvalue weighted by Gasteiger charge is 2.36. The Balaban J connectivity index is 1.65. The van der Waals surface area contributed by atoms with Gasteiger partial charge in [-0.15, -0.1) is 0 Å². The van der Waals surface area contributed by atoms with Crippen molar-refractivity contribution in [2.24, 2.45) is 0 Å². The summed E-state index contributed by atoms with van der Waals surface area (Å²) in [6.45, 7) is 0. The van der Waals surface area contributed by atoms with Crippen molar-refractivity contribution in [1.29, 1.82) is 0 Å². The number of nitrogens with one attached hydrogen (secondary N) is 1. The van der Waals surface area contributed by atoms with Crippen LogP contribution in [0.15, 0.2) is 54.6 Å². The van der Waals surface area contributed by atoms with Gasteiger partial charge < -0.3 is 5.32 Å². The lowest BCUT2D eigenvalue weighted by molar-refractivity contribution is -0.171. The quantitative estimate of drug-likeness (QED) is 0.565. The second-order valence-corrected chi connectivity index (χ2v) is 6.33. The molecule has 3 nitrogen and oxygen atoms in total. The Hall–Kier alpha value is -2.63. The van der Waals surface area contributed by atoms with Crippen LogP contribution < -0.4 is 5.32 Å². The molecule has 0 saturated carbocycles. The molecule has 0 bridgehead atoms. The van der Waals surface area contributed by atoms with Gasteiger partial charge in [-0.2, -0.15) is 13.2 Å². The molecule has 0 unspecified atom stereocenters. The number of benzene rings is 2. The van der Waals surface area contributed by atoms with Crippen molar-refractivity contribution in [3.05, 3.63) is 54.6 Å². The molecule has 0 aliphatic heterocycles. The highest BCUT2D eigenvalue weighted by Crippen LogP contribution is 2.22. The molecule has 0 fully saturated rings. The summed E-state index contributed by atoms with van der Waals surface area (Å²) >= 11 is 0. The zero-order chi connectivity index (χ0) is 19.7. The number of unbranched alkanes of at least 4 members (excludes halogenated alkanes) is 3. The van der Waals surface area contributed by atoms with Crippen LogP contribution in [-0.4, -0.2) is 17.9 Å². The maximum Gasteiger partial charge on any atom is 0.449 e. The second kappa shape index (κ2) is 9.90. The van der Waals surface area contributed by atoms with E-state index in [2.05, 4.69) is 5.32 Å². The van der Waals surface area contributed by atoms with Crippen LogP contribution in [0.3, 0.4) is 0 Å². The normalized spacial score (nSPS) is 11.2. The first-order valence-corrected chi connectivity index (χ1v) is 8.91. The molecule has 2 aromatic carbocycles. The summed E-state index contributed by atoms with van der Waals surface area (Å²) in [5, 5.41) is 2.81. The summed E-state index contributed by atoms with van der Waals surface area (Å²) in [5.74, 6) is -1.81. The van der Waals surface area contributed by atoms with Crippen LogP contribution in [0.4, 0.5) is 18.9 Å². The Bertz CT molecular complexity index is 740. The number of rotatable bonds is 9. The molecule has 0 aliphatic carbocycles. The molecule has 1 amide bonds. The number of halogens is 3. The number of carbonyl (C=O) groups excluding carboxylic acids is 2. The Labute approximate surface area is 156 Å². The van der Waals surface area contributed by atoms with Crippen molar-refractivity contribution in [2.45, 2.75) is 44.7 Å². The highest BCUT2D eigenvalue weighted by molar-refractivity contribution is 5.91. The standard InChI is InChI=1S/C21H22F3NO2/c22-21(23,24)19(26)10-6-1-2-7-11-20(27)25-18-14-12-17(13-15-18)16-8-4-3-5-9-16/h3-5,8-9,12-15H,1-2,6-7,10-11H2,(H,25,27). The number of alkyl halides is 3. The van der Waals surface area contributed by atoms with E-state index in [0.29, 0.717) is 31.4 Å². The van der Waals surface area contributed by atoms with Crippen molar-refractivity contribution >= 4 is 17.4 Å². The summed E-state index contributed by atoms with van der Waals surface area (Å²) in [5.41, 5.74) is 2.86. The van der Waals surface area contributed by atoms with Gasteiger partial charge in [0.1, 0.15) is 0 Å². The second-order valence-electron chi connectivity index (χ2n) is 6.33. The molecule has 2 rings (SSSR count). The Morgan fingerprint density at radius 2 is 1.30 bits per heavy atom. The van der Waals surface area contributed by atoms with Crippen molar-refractivity contribution in [3.63, 3.8) is 0 Å². The topological polar surface area (TPSA) is 46.2 Å². The SMILES string of the molecule is O=C(CCCCCCC(=O)C(F)(F)F)Nc1ccc(-c2ccccc2)cc1. The van der Waals surface area contributed by atoms with E-state index < -0.39 is 18.4 Å². The number of ketones is 1. The van der Waals surface area contributed by atoms with Gasteiger partial charge in [0, 0.05) is 18.5 Å². The van der Waals surface area contributed by atoms with Crippen molar-refractivity contribution in [1.82, 2.24) is 0 Å².